The van der Waals surface area contributed by atoms with Gasteiger partial charge in [0.15, 0.2) is 0 Å². The molecule has 7 atom stereocenters. The quantitative estimate of drug-likeness (QED) is 0.176. The number of carbonyl (C=O) groups is 3. The number of thiazole rings is 1. The Kier molecular flexibility index (Phi) is 13.1. The summed E-state index contributed by atoms with van der Waals surface area (Å²) in [6.07, 6.45) is 4.76. The molecule has 2 N–H and O–H groups in total. The molecule has 15 nitrogen and oxygen atoms in total. The highest BCUT2D eigenvalue weighted by atomic mass is 32.1. The van der Waals surface area contributed by atoms with Gasteiger partial charge < -0.3 is 33.6 Å². The molecule has 356 valence electrons. The number of nitrogens with zero attached hydrogens (tertiary/aromatic N) is 5. The van der Waals surface area contributed by atoms with E-state index in [4.69, 9.17) is 33.7 Å². The Bertz CT molecular complexity index is 2440. The van der Waals surface area contributed by atoms with Gasteiger partial charge in [0.05, 0.1) is 67.3 Å². The monoisotopic (exact) mass is 925 g/mol. The van der Waals surface area contributed by atoms with Crippen molar-refractivity contribution in [2.75, 3.05) is 46.7 Å². The molecule has 8 bridgehead atoms. The average Bonchev–Trinajstić information content (AvgIpc) is 3.88. The van der Waals surface area contributed by atoms with Crippen LogP contribution in [-0.4, -0.2) is 125 Å². The topological polar surface area (TPSA) is 159 Å². The number of amides is 2. The fourth-order valence-corrected chi connectivity index (χ4v) is 11.7. The molecule has 8 heterocycles. The molecule has 9 rings (SSSR count). The molecule has 4 fully saturated rings. The predicted molar refractivity (Wildman–Crippen MR) is 252 cm³/mol. The summed E-state index contributed by atoms with van der Waals surface area (Å²) in [6.45, 7) is 20.0. The summed E-state index contributed by atoms with van der Waals surface area (Å²) in [7, 11) is 1.74. The summed E-state index contributed by atoms with van der Waals surface area (Å²) in [5.74, 6) is -1.02. The van der Waals surface area contributed by atoms with Gasteiger partial charge in [0.1, 0.15) is 17.7 Å². The van der Waals surface area contributed by atoms with E-state index in [0.29, 0.717) is 61.4 Å². The van der Waals surface area contributed by atoms with Crippen molar-refractivity contribution < 1.29 is 38.1 Å². The first-order valence-electron chi connectivity index (χ1n) is 23.8. The van der Waals surface area contributed by atoms with E-state index in [1.54, 1.807) is 27.9 Å². The van der Waals surface area contributed by atoms with Crippen LogP contribution in [0.15, 0.2) is 35.8 Å². The normalized spacial score (nSPS) is 26.9. The van der Waals surface area contributed by atoms with Crippen molar-refractivity contribution in [3.8, 4) is 22.5 Å². The summed E-state index contributed by atoms with van der Waals surface area (Å²) in [5.41, 5.74) is 10.1. The van der Waals surface area contributed by atoms with E-state index in [2.05, 4.69) is 78.4 Å². The lowest BCUT2D eigenvalue weighted by molar-refractivity contribution is -0.159. The number of nitrogens with one attached hydrogen (secondary N) is 2. The number of methoxy groups -OCH3 is 1. The van der Waals surface area contributed by atoms with Crippen LogP contribution >= 0.6 is 11.3 Å². The van der Waals surface area contributed by atoms with Crippen LogP contribution in [0.25, 0.3) is 33.4 Å². The van der Waals surface area contributed by atoms with Crippen molar-refractivity contribution >= 4 is 40.2 Å². The number of benzene rings is 1. The molecule has 1 unspecified atom stereocenters. The summed E-state index contributed by atoms with van der Waals surface area (Å²) in [6, 6.07) is 8.27. The summed E-state index contributed by atoms with van der Waals surface area (Å²) in [5, 5.41) is 8.10. The molecule has 4 saturated heterocycles. The summed E-state index contributed by atoms with van der Waals surface area (Å²) < 4.78 is 32.0. The van der Waals surface area contributed by atoms with Crippen molar-refractivity contribution in [3.05, 3.63) is 57.7 Å². The number of piperidine rings is 1. The van der Waals surface area contributed by atoms with Gasteiger partial charge in [-0.1, -0.05) is 26.8 Å². The number of morpholine rings is 1. The lowest BCUT2D eigenvalue weighted by atomic mass is 9.79. The molecule has 0 saturated carbocycles. The number of cyclic esters (lactones) is 1. The number of hydrogen-bond donors (Lipinski definition) is 2. The van der Waals surface area contributed by atoms with Crippen LogP contribution in [-0.2, 0) is 46.2 Å². The second kappa shape index (κ2) is 18.6. The molecule has 0 spiro atoms. The maximum absolute atomic E-state index is 14.4. The predicted octanol–water partition coefficient (Wildman–Crippen LogP) is 7.52. The van der Waals surface area contributed by atoms with Gasteiger partial charge in [-0.05, 0) is 102 Å². The largest absolute Gasteiger partial charge is 0.464 e. The third-order valence-corrected chi connectivity index (χ3v) is 15.2. The molecule has 0 radical (unpaired) electrons. The minimum absolute atomic E-state index is 0.153. The molecule has 4 aromatic rings. The third kappa shape index (κ3) is 9.25. The molecule has 3 aromatic heterocycles. The first-order chi connectivity index (χ1) is 31.5. The highest BCUT2D eigenvalue weighted by molar-refractivity contribution is 7.10. The van der Waals surface area contributed by atoms with Crippen LogP contribution in [0.2, 0.25) is 0 Å². The van der Waals surface area contributed by atoms with E-state index < -0.39 is 41.1 Å². The maximum Gasteiger partial charge on any atom is 0.408 e. The number of hydrogen-bond acceptors (Lipinski definition) is 13. The van der Waals surface area contributed by atoms with Gasteiger partial charge in [-0.25, -0.2) is 15.2 Å². The minimum Gasteiger partial charge on any atom is -0.464 e. The van der Waals surface area contributed by atoms with Crippen LogP contribution in [0.4, 0.5) is 4.79 Å². The maximum atomic E-state index is 14.4. The van der Waals surface area contributed by atoms with Crippen LogP contribution < -0.4 is 10.7 Å². The SMILES string of the molecule is CCn1c(-c2cc(C3C[C@H]4COC[C@@H](C3)N4C3COC3)cnc2[C@H](C)OC)c2c3cc(ccc31)-c1csc(n1)[C@@H](C)[C@H](NC(=O)OC(C)(C)C)C(=O)N1CCC[C@H](N1)C(=O)OCC(C)(C)C2. The molecular formula is C50H67N7O8S. The molecule has 1 aromatic carbocycles. The number of aryl methyl sites for hydroxylation is 1. The number of hydrazine groups is 1. The van der Waals surface area contributed by atoms with Crippen LogP contribution in [0, 0.1) is 5.41 Å². The number of aromatic nitrogens is 3. The molecule has 0 aliphatic carbocycles. The number of fused-ring (bicyclic) bond motifs is 8. The third-order valence-electron chi connectivity index (χ3n) is 14.2. The highest BCUT2D eigenvalue weighted by Gasteiger charge is 2.45. The van der Waals surface area contributed by atoms with Crippen LogP contribution in [0.3, 0.4) is 0 Å². The Balaban J connectivity index is 1.16. The van der Waals surface area contributed by atoms with Crippen LogP contribution in [0.5, 0.6) is 0 Å². The molecule has 66 heavy (non-hydrogen) atoms. The Morgan fingerprint density at radius 2 is 1.80 bits per heavy atom. The van der Waals surface area contributed by atoms with Gasteiger partial charge in [-0.15, -0.1) is 11.3 Å². The number of carbonyl (C=O) groups excluding carboxylic acids is 3. The van der Waals surface area contributed by atoms with Gasteiger partial charge in [-0.2, -0.15) is 0 Å². The lowest BCUT2D eigenvalue weighted by Crippen LogP contribution is -2.64. The smallest absolute Gasteiger partial charge is 0.408 e. The fraction of sp³-hybridized carbons (Fsp3) is 0.620. The zero-order valence-electron chi connectivity index (χ0n) is 40.0. The first-order valence-corrected chi connectivity index (χ1v) is 24.7. The van der Waals surface area contributed by atoms with Crippen molar-refractivity contribution in [3.63, 3.8) is 0 Å². The number of alkyl carbamates (subject to hydrolysis) is 1. The second-order valence-corrected chi connectivity index (χ2v) is 21.7. The molecule has 16 heteroatoms. The summed E-state index contributed by atoms with van der Waals surface area (Å²) in [4.78, 5) is 54.7. The standard InChI is InChI=1S/C50H67N7O8S/c1-10-55-41-14-13-30-18-36(41)38(44(55)37-19-32(21-51-43(37)29(3)61-9)31-16-33-22-62-23-34(17-31)57(33)35-24-63-25-35)20-50(7,8)27-64-47(59)39-12-11-15-56(54-39)46(58)42(53-48(60)65-49(4,5)6)28(2)45-52-40(30)26-66-45/h13-14,18-19,21,26,28-29,31,33-35,39,42,54H,10-12,15-17,20,22-25,27H2,1-9H3,(H,53,60)/t28-,29-,31?,33-,34+,39-,42-/m0/s1. The lowest BCUT2D eigenvalue weighted by Gasteiger charge is -2.53. The molecular weight excluding hydrogens is 859 g/mol. The van der Waals surface area contributed by atoms with E-state index in [1.807, 2.05) is 12.3 Å². The van der Waals surface area contributed by atoms with E-state index in [0.717, 1.165) is 83.9 Å². The zero-order chi connectivity index (χ0) is 46.7. The van der Waals surface area contributed by atoms with Crippen LogP contribution in [0.1, 0.15) is 121 Å². The Morgan fingerprint density at radius 1 is 1.08 bits per heavy atom. The number of pyridine rings is 1. The average molecular weight is 926 g/mol. The van der Waals surface area contributed by atoms with E-state index in [1.165, 1.54) is 21.9 Å². The number of ether oxygens (including phenoxy) is 5. The van der Waals surface area contributed by atoms with Crippen molar-refractivity contribution in [1.29, 1.82) is 0 Å². The highest BCUT2D eigenvalue weighted by Crippen LogP contribution is 2.45. The minimum atomic E-state index is -1.03. The zero-order valence-corrected chi connectivity index (χ0v) is 40.8. The van der Waals surface area contributed by atoms with Gasteiger partial charge in [0.2, 0.25) is 0 Å². The van der Waals surface area contributed by atoms with Crippen molar-refractivity contribution in [2.45, 2.75) is 148 Å². The Morgan fingerprint density at radius 3 is 2.48 bits per heavy atom. The number of esters is 1. The van der Waals surface area contributed by atoms with Crippen molar-refractivity contribution in [2.24, 2.45) is 5.41 Å². The van der Waals surface area contributed by atoms with E-state index >= 15 is 0 Å². The summed E-state index contributed by atoms with van der Waals surface area (Å²) >= 11 is 1.45. The molecule has 5 aliphatic heterocycles. The Hall–Kier alpha value is -4.45. The van der Waals surface area contributed by atoms with Gasteiger partial charge in [0, 0.05) is 77.2 Å². The molecule has 2 amide bonds. The van der Waals surface area contributed by atoms with Crippen molar-refractivity contribution in [1.82, 2.24) is 35.2 Å². The van der Waals surface area contributed by atoms with Gasteiger partial charge in [0.25, 0.3) is 5.91 Å². The second-order valence-electron chi connectivity index (χ2n) is 20.8. The first kappa shape index (κ1) is 46.7. The number of rotatable bonds is 7. The van der Waals surface area contributed by atoms with Gasteiger partial charge >= 0.3 is 12.1 Å². The molecule has 5 aliphatic rings. The van der Waals surface area contributed by atoms with E-state index in [-0.39, 0.29) is 18.6 Å². The fourth-order valence-electron chi connectivity index (χ4n) is 10.7. The van der Waals surface area contributed by atoms with Gasteiger partial charge in [-0.3, -0.25) is 24.5 Å². The van der Waals surface area contributed by atoms with E-state index in [9.17, 15) is 14.4 Å². The Labute approximate surface area is 392 Å².